The lowest BCUT2D eigenvalue weighted by Crippen LogP contribution is -2.37. The van der Waals surface area contributed by atoms with Crippen LogP contribution in [-0.2, 0) is 7.05 Å². The number of H-pyrrole nitrogens is 1. The van der Waals surface area contributed by atoms with Crippen molar-refractivity contribution in [2.45, 2.75) is 5.92 Å². The Kier molecular flexibility index (Phi) is 3.57. The SMILES string of the molecule is Cn1c2c(c(=O)[nH]c1=O)[C@@H](c1ccc(Br)cc1)C1=C(N2)c2ccccc2C1=O. The quantitative estimate of drug-likeness (QED) is 0.615. The number of fused-ring (bicyclic) bond motifs is 3. The number of carbonyl (C=O) groups is 1. The molecule has 0 unspecified atom stereocenters. The summed E-state index contributed by atoms with van der Waals surface area (Å²) in [5, 5.41) is 3.20. The van der Waals surface area contributed by atoms with Gasteiger partial charge in [0.1, 0.15) is 5.82 Å². The average Bonchev–Trinajstić information content (AvgIpc) is 2.98. The lowest BCUT2D eigenvalue weighted by molar-refractivity contribution is 0.103. The summed E-state index contributed by atoms with van der Waals surface area (Å²) in [5.74, 6) is -0.273. The van der Waals surface area contributed by atoms with Gasteiger partial charge < -0.3 is 5.32 Å². The second-order valence-electron chi connectivity index (χ2n) is 6.85. The Morgan fingerprint density at radius 2 is 1.64 bits per heavy atom. The lowest BCUT2D eigenvalue weighted by atomic mass is 9.81. The molecule has 3 aromatic rings. The first-order valence-electron chi connectivity index (χ1n) is 8.71. The molecular formula is C21H14BrN3O3. The summed E-state index contributed by atoms with van der Waals surface area (Å²) in [6, 6.07) is 14.9. The number of aromatic amines is 1. The number of rotatable bonds is 1. The van der Waals surface area contributed by atoms with Gasteiger partial charge in [-0.05, 0) is 17.7 Å². The summed E-state index contributed by atoms with van der Waals surface area (Å²) < 4.78 is 2.27. The van der Waals surface area contributed by atoms with Crippen molar-refractivity contribution in [3.63, 3.8) is 0 Å². The minimum atomic E-state index is -0.574. The maximum absolute atomic E-state index is 13.3. The van der Waals surface area contributed by atoms with Crippen LogP contribution in [0.15, 0.2) is 68.2 Å². The molecule has 1 atom stereocenters. The van der Waals surface area contributed by atoms with E-state index >= 15 is 0 Å². The van der Waals surface area contributed by atoms with Crippen LogP contribution in [0, 0.1) is 0 Å². The van der Waals surface area contributed by atoms with Crippen LogP contribution in [0.4, 0.5) is 5.82 Å². The Bertz CT molecular complexity index is 1320. The monoisotopic (exact) mass is 435 g/mol. The highest BCUT2D eigenvalue weighted by Crippen LogP contribution is 2.47. The molecule has 1 aromatic heterocycles. The van der Waals surface area contributed by atoms with Gasteiger partial charge in [-0.3, -0.25) is 19.1 Å². The van der Waals surface area contributed by atoms with E-state index in [9.17, 15) is 14.4 Å². The van der Waals surface area contributed by atoms with Gasteiger partial charge in [-0.25, -0.2) is 4.79 Å². The zero-order valence-electron chi connectivity index (χ0n) is 14.7. The number of hydrogen-bond donors (Lipinski definition) is 2. The predicted molar refractivity (Wildman–Crippen MR) is 110 cm³/mol. The molecule has 5 rings (SSSR count). The summed E-state index contributed by atoms with van der Waals surface area (Å²) in [4.78, 5) is 40.6. The molecule has 0 amide bonds. The van der Waals surface area contributed by atoms with Crippen LogP contribution in [0.3, 0.4) is 0 Å². The zero-order chi connectivity index (χ0) is 19.6. The molecule has 7 heteroatoms. The smallest absolute Gasteiger partial charge is 0.329 e. The van der Waals surface area contributed by atoms with Crippen LogP contribution in [0.25, 0.3) is 5.70 Å². The Balaban J connectivity index is 1.87. The van der Waals surface area contributed by atoms with Gasteiger partial charge in [0.25, 0.3) is 5.56 Å². The normalized spacial score (nSPS) is 17.1. The molecule has 0 saturated carbocycles. The molecule has 2 aliphatic rings. The van der Waals surface area contributed by atoms with Gasteiger partial charge in [0.05, 0.1) is 11.3 Å². The first kappa shape index (κ1) is 16.9. The summed E-state index contributed by atoms with van der Waals surface area (Å²) in [7, 11) is 1.59. The van der Waals surface area contributed by atoms with E-state index in [1.54, 1.807) is 13.1 Å². The van der Waals surface area contributed by atoms with E-state index in [4.69, 9.17) is 0 Å². The fraction of sp³-hybridized carbons (Fsp3) is 0.0952. The summed E-state index contributed by atoms with van der Waals surface area (Å²) in [6.07, 6.45) is 0. The van der Waals surface area contributed by atoms with Gasteiger partial charge in [-0.15, -0.1) is 0 Å². The topological polar surface area (TPSA) is 84.0 Å². The van der Waals surface area contributed by atoms with Gasteiger partial charge in [0.2, 0.25) is 0 Å². The number of Topliss-reactive ketones (excluding diaryl/α,β-unsaturated/α-hetero) is 1. The number of anilines is 1. The second-order valence-corrected chi connectivity index (χ2v) is 7.77. The van der Waals surface area contributed by atoms with Gasteiger partial charge >= 0.3 is 5.69 Å². The molecular weight excluding hydrogens is 422 g/mol. The van der Waals surface area contributed by atoms with E-state index in [0.717, 1.165) is 15.6 Å². The van der Waals surface area contributed by atoms with Crippen LogP contribution < -0.4 is 16.6 Å². The Morgan fingerprint density at radius 3 is 2.36 bits per heavy atom. The van der Waals surface area contributed by atoms with E-state index in [-0.39, 0.29) is 5.78 Å². The van der Waals surface area contributed by atoms with Crippen molar-refractivity contribution >= 4 is 33.2 Å². The molecule has 28 heavy (non-hydrogen) atoms. The number of aromatic nitrogens is 2. The maximum atomic E-state index is 13.3. The highest BCUT2D eigenvalue weighted by Gasteiger charge is 2.42. The van der Waals surface area contributed by atoms with E-state index in [2.05, 4.69) is 26.2 Å². The molecule has 0 fully saturated rings. The van der Waals surface area contributed by atoms with Crippen LogP contribution in [-0.4, -0.2) is 15.3 Å². The molecule has 0 radical (unpaired) electrons. The highest BCUT2D eigenvalue weighted by molar-refractivity contribution is 9.10. The summed E-state index contributed by atoms with van der Waals surface area (Å²) in [6.45, 7) is 0. The third kappa shape index (κ3) is 2.23. The molecule has 2 heterocycles. The van der Waals surface area contributed by atoms with Crippen molar-refractivity contribution in [3.05, 3.63) is 102 Å². The van der Waals surface area contributed by atoms with Crippen LogP contribution in [0.5, 0.6) is 0 Å². The molecule has 138 valence electrons. The van der Waals surface area contributed by atoms with Crippen molar-refractivity contribution in [1.82, 2.24) is 9.55 Å². The van der Waals surface area contributed by atoms with Gasteiger partial charge in [0, 0.05) is 34.1 Å². The number of carbonyl (C=O) groups excluding carboxylic acids is 1. The molecule has 2 N–H and O–H groups in total. The van der Waals surface area contributed by atoms with Crippen molar-refractivity contribution in [2.75, 3.05) is 5.32 Å². The van der Waals surface area contributed by atoms with E-state index in [1.807, 2.05) is 42.5 Å². The number of hydrogen-bond acceptors (Lipinski definition) is 4. The van der Waals surface area contributed by atoms with Crippen molar-refractivity contribution in [2.24, 2.45) is 7.05 Å². The lowest BCUT2D eigenvalue weighted by Gasteiger charge is -2.29. The molecule has 1 aliphatic heterocycles. The summed E-state index contributed by atoms with van der Waals surface area (Å²) >= 11 is 3.42. The van der Waals surface area contributed by atoms with E-state index in [0.29, 0.717) is 28.2 Å². The maximum Gasteiger partial charge on any atom is 0.329 e. The first-order chi connectivity index (χ1) is 13.5. The number of allylic oxidation sites excluding steroid dienone is 1. The molecule has 6 nitrogen and oxygen atoms in total. The van der Waals surface area contributed by atoms with Crippen molar-refractivity contribution in [3.8, 4) is 0 Å². The first-order valence-corrected chi connectivity index (χ1v) is 9.50. The molecule has 0 bridgehead atoms. The van der Waals surface area contributed by atoms with Gasteiger partial charge in [0.15, 0.2) is 5.78 Å². The highest BCUT2D eigenvalue weighted by atomic mass is 79.9. The van der Waals surface area contributed by atoms with Gasteiger partial charge in [-0.2, -0.15) is 0 Å². The van der Waals surface area contributed by atoms with Crippen LogP contribution in [0.1, 0.15) is 33.0 Å². The Morgan fingerprint density at radius 1 is 0.964 bits per heavy atom. The van der Waals surface area contributed by atoms with Crippen molar-refractivity contribution in [1.29, 1.82) is 0 Å². The van der Waals surface area contributed by atoms with Crippen LogP contribution in [0.2, 0.25) is 0 Å². The minimum Gasteiger partial charge on any atom is -0.340 e. The summed E-state index contributed by atoms with van der Waals surface area (Å²) in [5.41, 5.74) is 2.73. The standard InChI is InChI=1S/C21H14BrN3O3/c1-25-19-16(20(27)24-21(25)28)14(10-6-8-11(22)9-7-10)15-17(23-19)12-4-2-3-5-13(12)18(15)26/h2-9,14,23H,1H3,(H,24,27,28)/t14-/m0/s1. The number of ketones is 1. The fourth-order valence-corrected chi connectivity index (χ4v) is 4.29. The fourth-order valence-electron chi connectivity index (χ4n) is 4.02. The Hall–Kier alpha value is -3.19. The number of benzene rings is 2. The van der Waals surface area contributed by atoms with Crippen LogP contribution >= 0.6 is 15.9 Å². The van der Waals surface area contributed by atoms with E-state index in [1.165, 1.54) is 4.57 Å². The van der Waals surface area contributed by atoms with E-state index < -0.39 is 17.2 Å². The molecule has 0 saturated heterocycles. The largest absolute Gasteiger partial charge is 0.340 e. The average molecular weight is 436 g/mol. The van der Waals surface area contributed by atoms with Crippen molar-refractivity contribution < 1.29 is 4.79 Å². The molecule has 0 spiro atoms. The Labute approximate surface area is 167 Å². The van der Waals surface area contributed by atoms with Gasteiger partial charge in [-0.1, -0.05) is 52.3 Å². The number of halogens is 1. The second kappa shape index (κ2) is 5.90. The number of nitrogens with zero attached hydrogens (tertiary/aromatic N) is 1. The minimum absolute atomic E-state index is 0.107. The third-order valence-corrected chi connectivity index (χ3v) is 5.87. The predicted octanol–water partition coefficient (Wildman–Crippen LogP) is 3.00. The third-order valence-electron chi connectivity index (χ3n) is 5.34. The number of nitrogens with one attached hydrogen (secondary N) is 2. The zero-order valence-corrected chi connectivity index (χ0v) is 16.3. The molecule has 1 aliphatic carbocycles. The molecule has 2 aromatic carbocycles.